The van der Waals surface area contributed by atoms with Crippen LogP contribution < -0.4 is 10.1 Å². The molecule has 1 aliphatic rings. The number of ether oxygens (including phenoxy) is 1. The van der Waals surface area contributed by atoms with E-state index in [4.69, 9.17) is 4.74 Å². The van der Waals surface area contributed by atoms with E-state index < -0.39 is 0 Å². The molecule has 4 rings (SSSR count). The van der Waals surface area contributed by atoms with Crippen LogP contribution in [0.25, 0.3) is 0 Å². The van der Waals surface area contributed by atoms with E-state index in [1.54, 1.807) is 23.5 Å². The minimum Gasteiger partial charge on any atom is -0.489 e. The van der Waals surface area contributed by atoms with Crippen LogP contribution in [-0.2, 0) is 6.61 Å². The molecular weight excluding hydrogens is 412 g/mol. The number of nitrogens with zero attached hydrogens (tertiary/aromatic N) is 1. The Morgan fingerprint density at radius 2 is 1.80 bits per heavy atom. The number of benzene rings is 3. The maximum absolute atomic E-state index is 13.0. The molecule has 0 spiro atoms. The zero-order valence-electron chi connectivity index (χ0n) is 16.8. The summed E-state index contributed by atoms with van der Waals surface area (Å²) in [6.45, 7) is 1.21. The number of anilines is 1. The molecule has 1 fully saturated rings. The largest absolute Gasteiger partial charge is 0.489 e. The van der Waals surface area contributed by atoms with Gasteiger partial charge in [0.15, 0.2) is 0 Å². The average molecular weight is 437 g/mol. The van der Waals surface area contributed by atoms with E-state index in [9.17, 15) is 4.79 Å². The highest BCUT2D eigenvalue weighted by Crippen LogP contribution is 2.42. The predicted molar refractivity (Wildman–Crippen MR) is 126 cm³/mol. The van der Waals surface area contributed by atoms with Gasteiger partial charge in [0.25, 0.3) is 0 Å². The lowest BCUT2D eigenvalue weighted by atomic mass is 10.1. The summed E-state index contributed by atoms with van der Waals surface area (Å²) in [4.78, 5) is 16.1. The first-order valence-electron chi connectivity index (χ1n) is 9.83. The van der Waals surface area contributed by atoms with Gasteiger partial charge in [0, 0.05) is 28.4 Å². The standard InChI is InChI=1S/C24H24N2O2S2/c1-29-20-13-11-19(12-14-20)25-24(27)26-15-16-30-23(26)21-9-5-6-10-22(21)28-17-18-7-3-2-4-8-18/h2-14,23H,15-17H2,1H3,(H,25,27). The molecule has 0 bridgehead atoms. The monoisotopic (exact) mass is 436 g/mol. The molecule has 0 saturated carbocycles. The molecule has 1 aliphatic heterocycles. The van der Waals surface area contributed by atoms with Crippen molar-refractivity contribution >= 4 is 35.2 Å². The summed E-state index contributed by atoms with van der Waals surface area (Å²) in [6, 6.07) is 26.0. The highest BCUT2D eigenvalue weighted by atomic mass is 32.2. The van der Waals surface area contributed by atoms with Crippen molar-refractivity contribution < 1.29 is 9.53 Å². The second-order valence-electron chi connectivity index (χ2n) is 6.89. The Bertz CT molecular complexity index is 980. The molecule has 0 aromatic heterocycles. The molecule has 1 atom stereocenters. The predicted octanol–water partition coefficient (Wildman–Crippen LogP) is 6.27. The number of carbonyl (C=O) groups excluding carboxylic acids is 1. The third-order valence-corrected chi connectivity index (χ3v) is 6.90. The smallest absolute Gasteiger partial charge is 0.323 e. The van der Waals surface area contributed by atoms with E-state index in [1.807, 2.05) is 71.8 Å². The quantitative estimate of drug-likeness (QED) is 0.463. The molecule has 0 aliphatic carbocycles. The van der Waals surface area contributed by atoms with Crippen LogP contribution in [0.3, 0.4) is 0 Å². The van der Waals surface area contributed by atoms with Gasteiger partial charge in [-0.3, -0.25) is 0 Å². The number of rotatable bonds is 6. The van der Waals surface area contributed by atoms with Gasteiger partial charge in [-0.1, -0.05) is 48.5 Å². The van der Waals surface area contributed by atoms with Gasteiger partial charge in [-0.05, 0) is 42.2 Å². The maximum Gasteiger partial charge on any atom is 0.323 e. The van der Waals surface area contributed by atoms with Crippen molar-refractivity contribution in [3.63, 3.8) is 0 Å². The number of hydrogen-bond acceptors (Lipinski definition) is 4. The number of hydrogen-bond donors (Lipinski definition) is 1. The zero-order chi connectivity index (χ0) is 20.8. The first-order valence-corrected chi connectivity index (χ1v) is 12.1. The average Bonchev–Trinajstić information content (AvgIpc) is 3.29. The Morgan fingerprint density at radius 3 is 2.57 bits per heavy atom. The van der Waals surface area contributed by atoms with E-state index in [0.29, 0.717) is 13.2 Å². The number of nitrogens with one attached hydrogen (secondary N) is 1. The molecule has 1 N–H and O–H groups in total. The summed E-state index contributed by atoms with van der Waals surface area (Å²) < 4.78 is 6.13. The van der Waals surface area contributed by atoms with E-state index in [0.717, 1.165) is 28.3 Å². The van der Waals surface area contributed by atoms with Crippen LogP contribution in [0, 0.1) is 0 Å². The van der Waals surface area contributed by atoms with Crippen molar-refractivity contribution in [2.45, 2.75) is 16.9 Å². The number of amides is 2. The molecule has 1 saturated heterocycles. The summed E-state index contributed by atoms with van der Waals surface area (Å²) in [7, 11) is 0. The highest BCUT2D eigenvalue weighted by molar-refractivity contribution is 7.99. The molecule has 3 aromatic carbocycles. The topological polar surface area (TPSA) is 41.6 Å². The number of para-hydroxylation sites is 1. The number of thioether (sulfide) groups is 2. The Hall–Kier alpha value is -2.57. The summed E-state index contributed by atoms with van der Waals surface area (Å²) >= 11 is 3.45. The Balaban J connectivity index is 1.48. The molecule has 3 aromatic rings. The Labute approximate surface area is 186 Å². The Morgan fingerprint density at radius 1 is 1.07 bits per heavy atom. The van der Waals surface area contributed by atoms with Gasteiger partial charge in [-0.15, -0.1) is 23.5 Å². The van der Waals surface area contributed by atoms with Crippen molar-refractivity contribution in [1.82, 2.24) is 4.90 Å². The third kappa shape index (κ3) is 4.94. The molecule has 1 heterocycles. The van der Waals surface area contributed by atoms with E-state index in [2.05, 4.69) is 23.5 Å². The second-order valence-corrected chi connectivity index (χ2v) is 8.96. The maximum atomic E-state index is 13.0. The molecule has 154 valence electrons. The van der Waals surface area contributed by atoms with Crippen LogP contribution in [-0.4, -0.2) is 29.5 Å². The molecular formula is C24H24N2O2S2. The van der Waals surface area contributed by atoms with E-state index in [-0.39, 0.29) is 11.4 Å². The molecule has 1 unspecified atom stereocenters. The van der Waals surface area contributed by atoms with Crippen LogP contribution in [0.5, 0.6) is 5.75 Å². The van der Waals surface area contributed by atoms with Crippen molar-refractivity contribution in [3.8, 4) is 5.75 Å². The van der Waals surface area contributed by atoms with Crippen molar-refractivity contribution in [2.24, 2.45) is 0 Å². The molecule has 4 nitrogen and oxygen atoms in total. The van der Waals surface area contributed by atoms with Crippen LogP contribution in [0.4, 0.5) is 10.5 Å². The van der Waals surface area contributed by atoms with Gasteiger partial charge in [0.1, 0.15) is 17.7 Å². The van der Waals surface area contributed by atoms with Crippen molar-refractivity contribution in [3.05, 3.63) is 90.0 Å². The summed E-state index contributed by atoms with van der Waals surface area (Å²) in [5.74, 6) is 1.72. The Kier molecular flexibility index (Phi) is 6.87. The summed E-state index contributed by atoms with van der Waals surface area (Å²) in [5.41, 5.74) is 2.96. The van der Waals surface area contributed by atoms with Gasteiger partial charge >= 0.3 is 6.03 Å². The van der Waals surface area contributed by atoms with Crippen LogP contribution in [0.2, 0.25) is 0 Å². The highest BCUT2D eigenvalue weighted by Gasteiger charge is 2.32. The minimum atomic E-state index is -0.0836. The fourth-order valence-corrected chi connectivity index (χ4v) is 5.05. The molecule has 0 radical (unpaired) electrons. The van der Waals surface area contributed by atoms with Crippen LogP contribution in [0.15, 0.2) is 83.8 Å². The second kappa shape index (κ2) is 9.96. The number of urea groups is 1. The van der Waals surface area contributed by atoms with Crippen molar-refractivity contribution in [1.29, 1.82) is 0 Å². The summed E-state index contributed by atoms with van der Waals surface area (Å²) in [6.07, 6.45) is 2.04. The first-order chi connectivity index (χ1) is 14.7. The SMILES string of the molecule is CSc1ccc(NC(=O)N2CCSC2c2ccccc2OCc2ccccc2)cc1. The van der Waals surface area contributed by atoms with E-state index >= 15 is 0 Å². The van der Waals surface area contributed by atoms with Gasteiger partial charge in [0.2, 0.25) is 0 Å². The van der Waals surface area contributed by atoms with Gasteiger partial charge in [-0.2, -0.15) is 0 Å². The molecule has 6 heteroatoms. The molecule has 30 heavy (non-hydrogen) atoms. The fraction of sp³-hybridized carbons (Fsp3) is 0.208. The van der Waals surface area contributed by atoms with Gasteiger partial charge in [-0.25, -0.2) is 4.79 Å². The lowest BCUT2D eigenvalue weighted by Crippen LogP contribution is -2.34. The normalized spacial score (nSPS) is 15.8. The third-order valence-electron chi connectivity index (χ3n) is 4.92. The fourth-order valence-electron chi connectivity index (χ4n) is 3.36. The lowest BCUT2D eigenvalue weighted by Gasteiger charge is -2.26. The van der Waals surface area contributed by atoms with Gasteiger partial charge in [0.05, 0.1) is 0 Å². The number of carbonyl (C=O) groups is 1. The summed E-state index contributed by atoms with van der Waals surface area (Å²) in [5, 5.41) is 2.97. The van der Waals surface area contributed by atoms with Crippen LogP contribution >= 0.6 is 23.5 Å². The lowest BCUT2D eigenvalue weighted by molar-refractivity contribution is 0.213. The van der Waals surface area contributed by atoms with Crippen molar-refractivity contribution in [2.75, 3.05) is 23.9 Å². The first kappa shape index (κ1) is 20.7. The minimum absolute atomic E-state index is 0.0672. The van der Waals surface area contributed by atoms with E-state index in [1.165, 1.54) is 4.90 Å². The zero-order valence-corrected chi connectivity index (χ0v) is 18.4. The molecule has 2 amide bonds. The van der Waals surface area contributed by atoms with Crippen LogP contribution in [0.1, 0.15) is 16.5 Å². The van der Waals surface area contributed by atoms with Gasteiger partial charge < -0.3 is 15.0 Å².